The van der Waals surface area contributed by atoms with E-state index >= 15 is 0 Å². The Hall–Kier alpha value is -2.57. The first-order chi connectivity index (χ1) is 11.1. The second-order valence-corrected chi connectivity index (χ2v) is 5.75. The monoisotopic (exact) mass is 318 g/mol. The first-order valence-corrected chi connectivity index (χ1v) is 7.44. The van der Waals surface area contributed by atoms with Crippen molar-refractivity contribution in [2.75, 3.05) is 33.4 Å². The van der Waals surface area contributed by atoms with Crippen molar-refractivity contribution in [3.63, 3.8) is 0 Å². The predicted octanol–water partition coefficient (Wildman–Crippen LogP) is 0.675. The van der Waals surface area contributed by atoms with Crippen LogP contribution in [0.4, 0.5) is 4.79 Å². The van der Waals surface area contributed by atoms with Crippen LogP contribution in [0, 0.1) is 5.92 Å². The maximum atomic E-state index is 12.2. The van der Waals surface area contributed by atoms with Gasteiger partial charge in [-0.25, -0.2) is 9.69 Å². The van der Waals surface area contributed by atoms with E-state index in [1.807, 2.05) is 24.3 Å². The van der Waals surface area contributed by atoms with Crippen molar-refractivity contribution in [3.8, 4) is 5.75 Å². The highest BCUT2D eigenvalue weighted by molar-refractivity contribution is 5.97. The van der Waals surface area contributed by atoms with E-state index in [9.17, 15) is 14.4 Å². The van der Waals surface area contributed by atoms with Crippen LogP contribution in [0.2, 0.25) is 0 Å². The lowest BCUT2D eigenvalue weighted by atomic mass is 9.98. The maximum Gasteiger partial charge on any atom is 0.417 e. The minimum Gasteiger partial charge on any atom is -0.497 e. The first kappa shape index (κ1) is 15.3. The summed E-state index contributed by atoms with van der Waals surface area (Å²) in [7, 11) is 1.59. The number of likely N-dealkylation sites (tertiary alicyclic amines) is 1. The fourth-order valence-corrected chi connectivity index (χ4v) is 2.77. The topological polar surface area (TPSA) is 76.2 Å². The molecule has 3 rings (SSSR count). The molecule has 2 heterocycles. The number of imide groups is 1. The zero-order valence-corrected chi connectivity index (χ0v) is 12.9. The summed E-state index contributed by atoms with van der Waals surface area (Å²) in [6, 6.07) is 7.41. The number of benzene rings is 1. The molecule has 0 saturated carbocycles. The van der Waals surface area contributed by atoms with Gasteiger partial charge in [0.25, 0.3) is 5.91 Å². The molecule has 7 heteroatoms. The van der Waals surface area contributed by atoms with Gasteiger partial charge < -0.3 is 14.4 Å². The predicted molar refractivity (Wildman–Crippen MR) is 79.8 cm³/mol. The van der Waals surface area contributed by atoms with Crippen molar-refractivity contribution < 1.29 is 23.9 Å². The molecular formula is C16H18N2O5. The van der Waals surface area contributed by atoms with Crippen LogP contribution in [-0.2, 0) is 20.7 Å². The summed E-state index contributed by atoms with van der Waals surface area (Å²) in [6.45, 7) is 1.25. The van der Waals surface area contributed by atoms with Gasteiger partial charge in [0.05, 0.1) is 13.5 Å². The van der Waals surface area contributed by atoms with E-state index in [2.05, 4.69) is 4.74 Å². The highest BCUT2D eigenvalue weighted by Crippen LogP contribution is 2.21. The lowest BCUT2D eigenvalue weighted by Gasteiger charge is -2.40. The van der Waals surface area contributed by atoms with Crippen molar-refractivity contribution in [1.29, 1.82) is 0 Å². The summed E-state index contributed by atoms with van der Waals surface area (Å²) in [6.07, 6.45) is -0.273. The Morgan fingerprint density at radius 1 is 1.35 bits per heavy atom. The minimum absolute atomic E-state index is 0.0322. The Morgan fingerprint density at radius 2 is 2.13 bits per heavy atom. The molecule has 1 aromatic carbocycles. The normalized spacial score (nSPS) is 18.0. The number of carbonyl (C=O) groups is 3. The third-order valence-electron chi connectivity index (χ3n) is 4.08. The van der Waals surface area contributed by atoms with Crippen molar-refractivity contribution in [2.45, 2.75) is 6.42 Å². The van der Waals surface area contributed by atoms with Gasteiger partial charge in [0.15, 0.2) is 6.61 Å². The van der Waals surface area contributed by atoms with Crippen LogP contribution in [0.1, 0.15) is 5.56 Å². The number of cyclic esters (lactones) is 1. The molecule has 2 fully saturated rings. The van der Waals surface area contributed by atoms with Crippen LogP contribution in [0.25, 0.3) is 0 Å². The lowest BCUT2D eigenvalue weighted by molar-refractivity contribution is -0.137. The summed E-state index contributed by atoms with van der Waals surface area (Å²) in [4.78, 5) is 37.9. The third-order valence-corrected chi connectivity index (χ3v) is 4.08. The van der Waals surface area contributed by atoms with Gasteiger partial charge in [-0.15, -0.1) is 0 Å². The molecule has 0 aliphatic carbocycles. The van der Waals surface area contributed by atoms with Crippen LogP contribution >= 0.6 is 0 Å². The van der Waals surface area contributed by atoms with E-state index in [0.717, 1.165) is 16.2 Å². The second kappa shape index (κ2) is 6.28. The van der Waals surface area contributed by atoms with E-state index in [0.29, 0.717) is 26.1 Å². The highest BCUT2D eigenvalue weighted by atomic mass is 16.6. The molecular weight excluding hydrogens is 300 g/mol. The van der Waals surface area contributed by atoms with E-state index in [4.69, 9.17) is 4.74 Å². The molecule has 7 nitrogen and oxygen atoms in total. The van der Waals surface area contributed by atoms with Crippen LogP contribution < -0.4 is 4.74 Å². The molecule has 0 unspecified atom stereocenters. The van der Waals surface area contributed by atoms with E-state index in [1.54, 1.807) is 12.0 Å². The number of amides is 3. The van der Waals surface area contributed by atoms with Crippen molar-refractivity contribution >= 4 is 17.9 Å². The quantitative estimate of drug-likeness (QED) is 0.798. The van der Waals surface area contributed by atoms with Crippen molar-refractivity contribution in [1.82, 2.24) is 9.80 Å². The fourth-order valence-electron chi connectivity index (χ4n) is 2.77. The standard InChI is InChI=1S/C16H18N2O5/c1-22-13-4-2-3-11(5-13)6-14(19)17-7-12(8-17)9-18-15(20)10-23-16(18)21/h2-5,12H,6-10H2,1H3. The summed E-state index contributed by atoms with van der Waals surface area (Å²) >= 11 is 0. The van der Waals surface area contributed by atoms with Crippen LogP contribution in [0.15, 0.2) is 24.3 Å². The second-order valence-electron chi connectivity index (χ2n) is 5.75. The van der Waals surface area contributed by atoms with Crippen LogP contribution in [-0.4, -0.2) is 61.1 Å². The van der Waals surface area contributed by atoms with Gasteiger partial charge in [-0.1, -0.05) is 12.1 Å². The number of hydrogen-bond donors (Lipinski definition) is 0. The molecule has 2 aliphatic rings. The molecule has 3 amide bonds. The Bertz CT molecular complexity index is 623. The lowest BCUT2D eigenvalue weighted by Crippen LogP contribution is -2.54. The zero-order chi connectivity index (χ0) is 16.4. The maximum absolute atomic E-state index is 12.2. The fraction of sp³-hybridized carbons (Fsp3) is 0.438. The number of hydrogen-bond acceptors (Lipinski definition) is 5. The van der Waals surface area contributed by atoms with E-state index in [-0.39, 0.29) is 24.3 Å². The molecule has 2 aliphatic heterocycles. The molecule has 0 bridgehead atoms. The number of methoxy groups -OCH3 is 1. The van der Waals surface area contributed by atoms with Crippen LogP contribution in [0.3, 0.4) is 0 Å². The highest BCUT2D eigenvalue weighted by Gasteiger charge is 2.38. The average molecular weight is 318 g/mol. The van der Waals surface area contributed by atoms with E-state index < -0.39 is 6.09 Å². The summed E-state index contributed by atoms with van der Waals surface area (Å²) < 4.78 is 9.81. The van der Waals surface area contributed by atoms with Gasteiger partial charge in [-0.05, 0) is 17.7 Å². The SMILES string of the molecule is COc1cccc(CC(=O)N2CC(CN3C(=O)COC3=O)C2)c1. The van der Waals surface area contributed by atoms with Crippen molar-refractivity contribution in [3.05, 3.63) is 29.8 Å². The summed E-state index contributed by atoms with van der Waals surface area (Å²) in [5.41, 5.74) is 0.899. The Labute approximate surface area is 133 Å². The van der Waals surface area contributed by atoms with Gasteiger partial charge in [-0.2, -0.15) is 0 Å². The van der Waals surface area contributed by atoms with Gasteiger partial charge in [0.1, 0.15) is 5.75 Å². The van der Waals surface area contributed by atoms with Gasteiger partial charge in [0.2, 0.25) is 5.91 Å². The average Bonchev–Trinajstić information content (AvgIpc) is 2.81. The molecule has 23 heavy (non-hydrogen) atoms. The Balaban J connectivity index is 1.48. The first-order valence-electron chi connectivity index (χ1n) is 7.44. The zero-order valence-electron chi connectivity index (χ0n) is 12.9. The van der Waals surface area contributed by atoms with Gasteiger partial charge >= 0.3 is 6.09 Å². The smallest absolute Gasteiger partial charge is 0.417 e. The molecule has 0 radical (unpaired) electrons. The van der Waals surface area contributed by atoms with Gasteiger partial charge in [-0.3, -0.25) is 9.59 Å². The summed E-state index contributed by atoms with van der Waals surface area (Å²) in [5, 5.41) is 0. The molecule has 2 saturated heterocycles. The third kappa shape index (κ3) is 3.28. The molecule has 0 atom stereocenters. The molecule has 122 valence electrons. The van der Waals surface area contributed by atoms with Crippen molar-refractivity contribution in [2.24, 2.45) is 5.92 Å². The number of carbonyl (C=O) groups excluding carboxylic acids is 3. The number of nitrogens with zero attached hydrogens (tertiary/aromatic N) is 2. The molecule has 0 N–H and O–H groups in total. The van der Waals surface area contributed by atoms with E-state index in [1.165, 1.54) is 0 Å². The Morgan fingerprint density at radius 3 is 2.78 bits per heavy atom. The van der Waals surface area contributed by atoms with Gasteiger partial charge in [0, 0.05) is 25.6 Å². The molecule has 1 aromatic rings. The van der Waals surface area contributed by atoms with Crippen LogP contribution in [0.5, 0.6) is 5.75 Å². The molecule has 0 aromatic heterocycles. The summed E-state index contributed by atoms with van der Waals surface area (Å²) in [5.74, 6) is 0.572. The number of rotatable bonds is 5. The number of ether oxygens (including phenoxy) is 2. The Kier molecular flexibility index (Phi) is 4.18. The molecule has 0 spiro atoms. The minimum atomic E-state index is -0.587. The largest absolute Gasteiger partial charge is 0.497 e.